The van der Waals surface area contributed by atoms with Gasteiger partial charge in [-0.3, -0.25) is 0 Å². The number of nitrogens with zero attached hydrogens (tertiary/aromatic N) is 5. The standard InChI is InChI=1S/C68H45N5/c1-7-21-46(22-8-1)58-42-56(52-32-20-34-55(40-52)68-71-63(49-27-13-4-14-28-49)45-64(72-68)50-29-15-5-16-30-50)43-60-59-41-53(37-38-65(59)73(66(58)60)57-35-17-6-18-36-57)51-31-19-33-54(39-51)67-69-61(47-23-9-2-10-24-47)44-62(70-67)48-25-11-3-12-26-48/h1-45H. The summed E-state index contributed by atoms with van der Waals surface area (Å²) in [6.45, 7) is 0. The molecular formula is C68H45N5. The Morgan fingerprint density at radius 3 is 1.04 bits per heavy atom. The molecule has 0 fully saturated rings. The molecule has 13 rings (SSSR count). The number of rotatable bonds is 10. The monoisotopic (exact) mass is 931 g/mol. The van der Waals surface area contributed by atoms with Crippen LogP contribution in [0, 0.1) is 0 Å². The molecule has 0 saturated heterocycles. The average Bonchev–Trinajstić information content (AvgIpc) is 3.82. The fourth-order valence-corrected chi connectivity index (χ4v) is 10.0. The van der Waals surface area contributed by atoms with Crippen LogP contribution in [0.1, 0.15) is 0 Å². The lowest BCUT2D eigenvalue weighted by Crippen LogP contribution is -1.97. The number of para-hydroxylation sites is 1. The molecular weight excluding hydrogens is 887 g/mol. The zero-order chi connectivity index (χ0) is 48.5. The van der Waals surface area contributed by atoms with Crippen LogP contribution in [0.2, 0.25) is 0 Å². The molecule has 0 radical (unpaired) electrons. The van der Waals surface area contributed by atoms with Crippen LogP contribution >= 0.6 is 0 Å². The number of hydrogen-bond acceptors (Lipinski definition) is 4. The van der Waals surface area contributed by atoms with E-state index in [1.807, 2.05) is 24.3 Å². The lowest BCUT2D eigenvalue weighted by molar-refractivity contribution is 1.18. The minimum absolute atomic E-state index is 0.674. The summed E-state index contributed by atoms with van der Waals surface area (Å²) in [7, 11) is 0. The molecule has 0 aliphatic carbocycles. The van der Waals surface area contributed by atoms with Gasteiger partial charge in [-0.25, -0.2) is 19.9 Å². The van der Waals surface area contributed by atoms with Crippen LogP contribution in [0.25, 0.3) is 129 Å². The van der Waals surface area contributed by atoms with Crippen molar-refractivity contribution >= 4 is 21.8 Å². The highest BCUT2D eigenvalue weighted by molar-refractivity contribution is 6.16. The third-order valence-electron chi connectivity index (χ3n) is 13.6. The smallest absolute Gasteiger partial charge is 0.160 e. The normalized spacial score (nSPS) is 11.3. The van der Waals surface area contributed by atoms with Crippen LogP contribution in [0.3, 0.4) is 0 Å². The quantitative estimate of drug-likeness (QED) is 0.137. The Kier molecular flexibility index (Phi) is 11.1. The van der Waals surface area contributed by atoms with E-state index in [2.05, 4.69) is 253 Å². The van der Waals surface area contributed by atoms with E-state index < -0.39 is 0 Å². The van der Waals surface area contributed by atoms with Crippen molar-refractivity contribution in [3.05, 3.63) is 273 Å². The first-order valence-corrected chi connectivity index (χ1v) is 24.6. The van der Waals surface area contributed by atoms with E-state index in [0.717, 1.165) is 117 Å². The van der Waals surface area contributed by atoms with Gasteiger partial charge in [-0.15, -0.1) is 0 Å². The van der Waals surface area contributed by atoms with Gasteiger partial charge in [0.1, 0.15) is 0 Å². The topological polar surface area (TPSA) is 56.5 Å². The van der Waals surface area contributed by atoms with Crippen molar-refractivity contribution < 1.29 is 0 Å². The highest BCUT2D eigenvalue weighted by Crippen LogP contribution is 2.43. The second-order valence-electron chi connectivity index (χ2n) is 18.2. The Morgan fingerprint density at radius 2 is 0.589 bits per heavy atom. The maximum absolute atomic E-state index is 5.20. The average molecular weight is 932 g/mol. The van der Waals surface area contributed by atoms with E-state index in [-0.39, 0.29) is 0 Å². The maximum atomic E-state index is 5.20. The van der Waals surface area contributed by atoms with E-state index in [1.165, 1.54) is 0 Å². The van der Waals surface area contributed by atoms with Crippen molar-refractivity contribution in [1.82, 2.24) is 24.5 Å². The molecule has 73 heavy (non-hydrogen) atoms. The molecule has 3 aromatic heterocycles. The molecule has 0 aliphatic rings. The van der Waals surface area contributed by atoms with Crippen LogP contribution in [-0.4, -0.2) is 24.5 Å². The zero-order valence-corrected chi connectivity index (χ0v) is 39.7. The summed E-state index contributed by atoms with van der Waals surface area (Å²) < 4.78 is 2.43. The van der Waals surface area contributed by atoms with Crippen molar-refractivity contribution in [3.63, 3.8) is 0 Å². The third kappa shape index (κ3) is 8.45. The van der Waals surface area contributed by atoms with Crippen LogP contribution in [-0.2, 0) is 0 Å². The molecule has 0 aliphatic heterocycles. The van der Waals surface area contributed by atoms with E-state index >= 15 is 0 Å². The largest absolute Gasteiger partial charge is 0.309 e. The summed E-state index contributed by atoms with van der Waals surface area (Å²) in [4.78, 5) is 20.8. The number of hydrogen-bond donors (Lipinski definition) is 0. The van der Waals surface area contributed by atoms with Gasteiger partial charge < -0.3 is 4.57 Å². The summed E-state index contributed by atoms with van der Waals surface area (Å²) in [6.07, 6.45) is 0. The van der Waals surface area contributed by atoms with Gasteiger partial charge >= 0.3 is 0 Å². The molecule has 13 aromatic rings. The molecule has 0 N–H and O–H groups in total. The first-order valence-electron chi connectivity index (χ1n) is 24.6. The highest BCUT2D eigenvalue weighted by atomic mass is 15.0. The molecule has 0 amide bonds. The second kappa shape index (κ2) is 18.8. The van der Waals surface area contributed by atoms with Crippen molar-refractivity contribution in [3.8, 4) is 107 Å². The van der Waals surface area contributed by atoms with Gasteiger partial charge in [0.15, 0.2) is 11.6 Å². The van der Waals surface area contributed by atoms with Crippen LogP contribution < -0.4 is 0 Å². The van der Waals surface area contributed by atoms with Gasteiger partial charge in [0, 0.05) is 55.4 Å². The molecule has 0 atom stereocenters. The molecule has 0 spiro atoms. The Bertz CT molecular complexity index is 3990. The maximum Gasteiger partial charge on any atom is 0.160 e. The minimum atomic E-state index is 0.674. The Hall–Kier alpha value is -9.84. The van der Waals surface area contributed by atoms with Gasteiger partial charge in [-0.1, -0.05) is 212 Å². The van der Waals surface area contributed by atoms with E-state index in [9.17, 15) is 0 Å². The van der Waals surface area contributed by atoms with Gasteiger partial charge in [0.2, 0.25) is 0 Å². The van der Waals surface area contributed by atoms with E-state index in [0.29, 0.717) is 11.6 Å². The van der Waals surface area contributed by atoms with Gasteiger partial charge in [0.05, 0.1) is 33.8 Å². The summed E-state index contributed by atoms with van der Waals surface area (Å²) in [5.41, 5.74) is 19.6. The first-order chi connectivity index (χ1) is 36.2. The third-order valence-corrected chi connectivity index (χ3v) is 13.6. The first kappa shape index (κ1) is 43.2. The zero-order valence-electron chi connectivity index (χ0n) is 39.7. The fourth-order valence-electron chi connectivity index (χ4n) is 10.0. The number of fused-ring (bicyclic) bond motifs is 3. The lowest BCUT2D eigenvalue weighted by Gasteiger charge is -2.14. The SMILES string of the molecule is c1ccc(-c2cc(-c3ccccc3)nc(-c3cccc(-c4ccc5c(c4)c4cc(-c6cccc(-c7nc(-c8ccccc8)cc(-c8ccccc8)n7)c6)cc(-c6ccccc6)c4n5-c4ccccc4)c3)n2)cc1. The van der Waals surface area contributed by atoms with Crippen molar-refractivity contribution in [1.29, 1.82) is 0 Å². The summed E-state index contributed by atoms with van der Waals surface area (Å²) >= 11 is 0. The van der Waals surface area contributed by atoms with E-state index in [4.69, 9.17) is 19.9 Å². The van der Waals surface area contributed by atoms with Crippen LogP contribution in [0.5, 0.6) is 0 Å². The Labute approximate surface area is 424 Å². The predicted molar refractivity (Wildman–Crippen MR) is 301 cm³/mol. The molecule has 0 saturated carbocycles. The fraction of sp³-hybridized carbons (Fsp3) is 0. The molecule has 3 heterocycles. The van der Waals surface area contributed by atoms with Gasteiger partial charge in [-0.2, -0.15) is 0 Å². The highest BCUT2D eigenvalue weighted by Gasteiger charge is 2.21. The molecule has 0 unspecified atom stereocenters. The lowest BCUT2D eigenvalue weighted by atomic mass is 9.94. The molecule has 0 bridgehead atoms. The van der Waals surface area contributed by atoms with Crippen molar-refractivity contribution in [2.24, 2.45) is 0 Å². The van der Waals surface area contributed by atoms with Gasteiger partial charge in [0.25, 0.3) is 0 Å². The summed E-state index contributed by atoms with van der Waals surface area (Å²) in [5, 5.41) is 2.30. The molecule has 5 nitrogen and oxygen atoms in total. The van der Waals surface area contributed by atoms with Crippen LogP contribution in [0.4, 0.5) is 0 Å². The van der Waals surface area contributed by atoms with E-state index in [1.54, 1.807) is 0 Å². The molecule has 10 aromatic carbocycles. The van der Waals surface area contributed by atoms with Crippen molar-refractivity contribution in [2.75, 3.05) is 0 Å². The summed E-state index contributed by atoms with van der Waals surface area (Å²) in [5.74, 6) is 1.35. The Morgan fingerprint density at radius 1 is 0.233 bits per heavy atom. The predicted octanol–water partition coefficient (Wildman–Crippen LogP) is 17.4. The summed E-state index contributed by atoms with van der Waals surface area (Å²) in [6, 6.07) is 95.9. The molecule has 5 heteroatoms. The number of benzene rings is 10. The second-order valence-corrected chi connectivity index (χ2v) is 18.2. The minimum Gasteiger partial charge on any atom is -0.309 e. The number of aromatic nitrogens is 5. The van der Waals surface area contributed by atoms with Gasteiger partial charge in [-0.05, 0) is 88.5 Å². The molecule has 342 valence electrons. The van der Waals surface area contributed by atoms with Crippen LogP contribution in [0.15, 0.2) is 273 Å². The Balaban J connectivity index is 0.989. The van der Waals surface area contributed by atoms with Crippen molar-refractivity contribution in [2.45, 2.75) is 0 Å².